The number of ether oxygens (including phenoxy) is 1. The number of aromatic amines is 1. The van der Waals surface area contributed by atoms with Crippen LogP contribution in [0.1, 0.15) is 20.8 Å². The fourth-order valence-electron chi connectivity index (χ4n) is 2.27. The highest BCUT2D eigenvalue weighted by Gasteiger charge is 2.15. The number of hydrazine groups is 1. The number of nitrogens with zero attached hydrogens (tertiary/aromatic N) is 1. The zero-order chi connectivity index (χ0) is 19.4. The van der Waals surface area contributed by atoms with E-state index in [0.717, 1.165) is 11.6 Å². The van der Waals surface area contributed by atoms with E-state index >= 15 is 0 Å². The Morgan fingerprint density at radius 3 is 2.48 bits per heavy atom. The highest BCUT2D eigenvalue weighted by molar-refractivity contribution is 9.10. The molecule has 0 saturated heterocycles. The molecule has 3 aromatic rings. The summed E-state index contributed by atoms with van der Waals surface area (Å²) in [5.74, 6) is -1.11. The summed E-state index contributed by atoms with van der Waals surface area (Å²) in [4.78, 5) is 24.3. The first-order chi connectivity index (χ1) is 13.0. The molecule has 7 nitrogen and oxygen atoms in total. The molecular formula is C18H14BrFN4O3. The van der Waals surface area contributed by atoms with Crippen molar-refractivity contribution in [1.82, 2.24) is 21.0 Å². The molecule has 0 atom stereocenters. The first kappa shape index (κ1) is 18.6. The van der Waals surface area contributed by atoms with Crippen LogP contribution in [0.5, 0.6) is 5.75 Å². The van der Waals surface area contributed by atoms with Crippen molar-refractivity contribution in [3.63, 3.8) is 0 Å². The number of carbonyl (C=O) groups is 2. The third-order valence-electron chi connectivity index (χ3n) is 3.67. The second-order valence-electron chi connectivity index (χ2n) is 5.43. The summed E-state index contributed by atoms with van der Waals surface area (Å²) in [6.07, 6.45) is 0. The van der Waals surface area contributed by atoms with Crippen molar-refractivity contribution in [2.24, 2.45) is 0 Å². The molecule has 0 spiro atoms. The van der Waals surface area contributed by atoms with E-state index in [2.05, 4.69) is 37.0 Å². The number of nitrogens with one attached hydrogen (secondary N) is 3. The maximum Gasteiger partial charge on any atom is 0.287 e. The van der Waals surface area contributed by atoms with E-state index in [1.165, 1.54) is 12.1 Å². The van der Waals surface area contributed by atoms with Crippen LogP contribution in [0.15, 0.2) is 53.0 Å². The van der Waals surface area contributed by atoms with Crippen LogP contribution < -0.4 is 15.6 Å². The lowest BCUT2D eigenvalue weighted by molar-refractivity contribution is 0.0843. The number of halogens is 2. The molecule has 27 heavy (non-hydrogen) atoms. The van der Waals surface area contributed by atoms with E-state index in [4.69, 9.17) is 4.74 Å². The maximum absolute atomic E-state index is 13.3. The Morgan fingerprint density at radius 2 is 1.78 bits per heavy atom. The highest BCUT2D eigenvalue weighted by atomic mass is 79.9. The van der Waals surface area contributed by atoms with E-state index in [-0.39, 0.29) is 11.3 Å². The Kier molecular flexibility index (Phi) is 5.51. The Hall–Kier alpha value is -3.20. The van der Waals surface area contributed by atoms with Crippen molar-refractivity contribution < 1.29 is 18.7 Å². The molecule has 138 valence electrons. The zero-order valence-electron chi connectivity index (χ0n) is 14.0. The lowest BCUT2D eigenvalue weighted by Gasteiger charge is -2.07. The summed E-state index contributed by atoms with van der Waals surface area (Å²) >= 11 is 3.16. The van der Waals surface area contributed by atoms with E-state index in [1.807, 2.05) is 0 Å². The summed E-state index contributed by atoms with van der Waals surface area (Å²) in [5.41, 5.74) is 6.04. The van der Waals surface area contributed by atoms with E-state index in [0.29, 0.717) is 15.9 Å². The second kappa shape index (κ2) is 8.00. The minimum atomic E-state index is -0.662. The Morgan fingerprint density at radius 1 is 1.07 bits per heavy atom. The van der Waals surface area contributed by atoms with E-state index in [9.17, 15) is 14.0 Å². The van der Waals surface area contributed by atoms with E-state index in [1.54, 1.807) is 37.4 Å². The van der Waals surface area contributed by atoms with Gasteiger partial charge in [-0.25, -0.2) is 4.39 Å². The summed E-state index contributed by atoms with van der Waals surface area (Å²) in [7, 11) is 1.57. The van der Waals surface area contributed by atoms with Gasteiger partial charge in [0.05, 0.1) is 18.4 Å². The number of benzene rings is 2. The Labute approximate surface area is 162 Å². The van der Waals surface area contributed by atoms with Crippen molar-refractivity contribution in [1.29, 1.82) is 0 Å². The van der Waals surface area contributed by atoms with Gasteiger partial charge in [-0.05, 0) is 64.5 Å². The fraction of sp³-hybridized carbons (Fsp3) is 0.0556. The molecule has 2 aromatic carbocycles. The quantitative estimate of drug-likeness (QED) is 0.552. The average Bonchev–Trinajstić information content (AvgIpc) is 3.18. The monoisotopic (exact) mass is 432 g/mol. The van der Waals surface area contributed by atoms with Crippen LogP contribution >= 0.6 is 15.9 Å². The van der Waals surface area contributed by atoms with Gasteiger partial charge in [0, 0.05) is 10.0 Å². The lowest BCUT2D eigenvalue weighted by atomic mass is 10.1. The molecule has 0 aliphatic carbocycles. The van der Waals surface area contributed by atoms with Crippen molar-refractivity contribution in [3.8, 4) is 17.0 Å². The second-order valence-corrected chi connectivity index (χ2v) is 6.28. The summed E-state index contributed by atoms with van der Waals surface area (Å²) in [6, 6.07) is 12.4. The molecule has 3 N–H and O–H groups in total. The molecule has 1 aromatic heterocycles. The summed E-state index contributed by atoms with van der Waals surface area (Å²) in [5, 5.41) is 6.68. The van der Waals surface area contributed by atoms with Crippen LogP contribution in [0.4, 0.5) is 4.39 Å². The fourth-order valence-corrected chi connectivity index (χ4v) is 2.69. The number of methoxy groups -OCH3 is 1. The topological polar surface area (TPSA) is 96.1 Å². The molecule has 0 saturated carbocycles. The predicted molar refractivity (Wildman–Crippen MR) is 99.6 cm³/mol. The predicted octanol–water partition coefficient (Wildman–Crippen LogP) is 3.06. The number of carbonyl (C=O) groups excluding carboxylic acids is 2. The SMILES string of the molecule is COc1ccc(-c2cc(C(=O)NNC(=O)c3cc(F)ccc3Br)[nH]n2)cc1. The zero-order valence-corrected chi connectivity index (χ0v) is 15.6. The van der Waals surface area contributed by atoms with Crippen LogP contribution in [0.2, 0.25) is 0 Å². The van der Waals surface area contributed by atoms with Crippen molar-refractivity contribution in [2.45, 2.75) is 0 Å². The molecule has 0 aliphatic rings. The number of H-pyrrole nitrogens is 1. The number of hydrogen-bond acceptors (Lipinski definition) is 4. The summed E-state index contributed by atoms with van der Waals surface area (Å²) in [6.45, 7) is 0. The minimum absolute atomic E-state index is 0.0545. The number of hydrogen-bond donors (Lipinski definition) is 3. The van der Waals surface area contributed by atoms with Gasteiger partial charge >= 0.3 is 0 Å². The van der Waals surface area contributed by atoms with Gasteiger partial charge in [0.25, 0.3) is 11.8 Å². The molecule has 2 amide bonds. The van der Waals surface area contributed by atoms with E-state index < -0.39 is 17.6 Å². The molecule has 1 heterocycles. The van der Waals surface area contributed by atoms with Crippen LogP contribution in [-0.4, -0.2) is 29.1 Å². The number of amides is 2. The Balaban J connectivity index is 1.65. The number of aromatic nitrogens is 2. The van der Waals surface area contributed by atoms with Crippen LogP contribution in [0.25, 0.3) is 11.3 Å². The van der Waals surface area contributed by atoms with Crippen molar-refractivity contribution >= 4 is 27.7 Å². The third-order valence-corrected chi connectivity index (χ3v) is 4.36. The van der Waals surface area contributed by atoms with Gasteiger partial charge in [-0.15, -0.1) is 0 Å². The first-order valence-electron chi connectivity index (χ1n) is 7.73. The van der Waals surface area contributed by atoms with Crippen molar-refractivity contribution in [3.05, 3.63) is 70.1 Å². The largest absolute Gasteiger partial charge is 0.497 e. The van der Waals surface area contributed by atoms with Gasteiger partial charge in [0.2, 0.25) is 0 Å². The molecule has 3 rings (SSSR count). The molecule has 9 heteroatoms. The molecular weight excluding hydrogens is 419 g/mol. The minimum Gasteiger partial charge on any atom is -0.497 e. The van der Waals surface area contributed by atoms with Gasteiger partial charge in [0.1, 0.15) is 17.3 Å². The average molecular weight is 433 g/mol. The normalized spacial score (nSPS) is 10.3. The van der Waals surface area contributed by atoms with Gasteiger partial charge in [-0.2, -0.15) is 5.10 Å². The lowest BCUT2D eigenvalue weighted by Crippen LogP contribution is -2.41. The van der Waals surface area contributed by atoms with Crippen LogP contribution in [-0.2, 0) is 0 Å². The first-order valence-corrected chi connectivity index (χ1v) is 8.53. The molecule has 0 fully saturated rings. The smallest absolute Gasteiger partial charge is 0.287 e. The molecule has 0 aliphatic heterocycles. The van der Waals surface area contributed by atoms with Gasteiger partial charge in [-0.3, -0.25) is 25.5 Å². The van der Waals surface area contributed by atoms with Gasteiger partial charge < -0.3 is 4.74 Å². The highest BCUT2D eigenvalue weighted by Crippen LogP contribution is 2.21. The molecule has 0 radical (unpaired) electrons. The molecule has 0 bridgehead atoms. The molecule has 0 unspecified atom stereocenters. The number of rotatable bonds is 4. The van der Waals surface area contributed by atoms with Gasteiger partial charge in [0.15, 0.2) is 0 Å². The Bertz CT molecular complexity index is 989. The standard InChI is InChI=1S/C18H14BrFN4O3/c1-27-12-5-2-10(3-6-12)15-9-16(22-21-15)18(26)24-23-17(25)13-8-11(20)4-7-14(13)19/h2-9H,1H3,(H,21,22)(H,23,25)(H,24,26). The van der Waals surface area contributed by atoms with Gasteiger partial charge in [-0.1, -0.05) is 0 Å². The van der Waals surface area contributed by atoms with Crippen LogP contribution in [0, 0.1) is 5.82 Å². The van der Waals surface area contributed by atoms with Crippen molar-refractivity contribution in [2.75, 3.05) is 7.11 Å². The maximum atomic E-state index is 13.3. The summed E-state index contributed by atoms with van der Waals surface area (Å²) < 4.78 is 18.8. The third kappa shape index (κ3) is 4.32. The van der Waals surface area contributed by atoms with Crippen LogP contribution in [0.3, 0.4) is 0 Å².